The fraction of sp³-hybridized carbons (Fsp3) is 0. The predicted octanol–water partition coefficient (Wildman–Crippen LogP) is 14.5. The van der Waals surface area contributed by atoms with Crippen LogP contribution in [0.25, 0.3) is 116 Å². The van der Waals surface area contributed by atoms with Gasteiger partial charge in [0.15, 0.2) is 5.82 Å². The number of hydrogen-bond donors (Lipinski definition) is 0. The summed E-state index contributed by atoms with van der Waals surface area (Å²) in [7, 11) is 0. The highest BCUT2D eigenvalue weighted by molar-refractivity contribution is 6.14. The fourth-order valence-electron chi connectivity index (χ4n) is 10.1. The molecular weight excluding hydrogens is 819 g/mol. The van der Waals surface area contributed by atoms with Gasteiger partial charge in [-0.05, 0) is 91.0 Å². The van der Waals surface area contributed by atoms with Crippen molar-refractivity contribution in [2.75, 3.05) is 0 Å². The lowest BCUT2D eigenvalue weighted by Crippen LogP contribution is -2.10. The average molecular weight is 854 g/mol. The van der Waals surface area contributed by atoms with Crippen LogP contribution >= 0.6 is 0 Å². The van der Waals surface area contributed by atoms with Gasteiger partial charge >= 0.3 is 0 Å². The first-order chi connectivity index (χ1) is 33.1. The first-order valence-corrected chi connectivity index (χ1v) is 22.2. The van der Waals surface area contributed by atoms with Gasteiger partial charge in [0, 0.05) is 49.0 Å². The molecule has 310 valence electrons. The number of aromatic nitrogens is 5. The van der Waals surface area contributed by atoms with Crippen molar-refractivity contribution in [3.8, 4) is 63.1 Å². The monoisotopic (exact) mass is 853 g/mol. The van der Waals surface area contributed by atoms with Crippen molar-refractivity contribution < 1.29 is 0 Å². The minimum atomic E-state index is 0.518. The zero-order chi connectivity index (χ0) is 44.6. The second-order valence-corrected chi connectivity index (χ2v) is 16.8. The molecule has 4 aromatic heterocycles. The third kappa shape index (κ3) is 5.90. The van der Waals surface area contributed by atoms with Gasteiger partial charge in [-0.3, -0.25) is 0 Å². The van der Waals surface area contributed by atoms with Gasteiger partial charge in [0.25, 0.3) is 0 Å². The van der Waals surface area contributed by atoms with Crippen LogP contribution < -0.4 is 0 Å². The zero-order valence-electron chi connectivity index (χ0n) is 35.8. The van der Waals surface area contributed by atoms with Crippen LogP contribution in [0.15, 0.2) is 212 Å². The Bertz CT molecular complexity index is 3860. The number of hydrogen-bond acceptors (Lipinski definition) is 4. The van der Waals surface area contributed by atoms with Crippen molar-refractivity contribution in [3.05, 3.63) is 223 Å². The third-order valence-corrected chi connectivity index (χ3v) is 13.1. The Morgan fingerprint density at radius 1 is 0.313 bits per heavy atom. The Morgan fingerprint density at radius 2 is 0.627 bits per heavy atom. The molecule has 0 N–H and O–H groups in total. The lowest BCUT2D eigenvalue weighted by atomic mass is 10.0. The summed E-state index contributed by atoms with van der Waals surface area (Å²) in [5.74, 6) is 0.518. The SMILES string of the molecule is N#Cc1ccc(-c2cc(-c3cc(-n4c5ccccc5c5ccccc54)c(-n4c5ccccc5c5ccccc54)c(-n4c5ccccc5c5ccccc54)c3)nc(-c3ccc(C#N)cc3)n2)cc1. The van der Waals surface area contributed by atoms with Crippen molar-refractivity contribution in [1.82, 2.24) is 23.7 Å². The van der Waals surface area contributed by atoms with Crippen molar-refractivity contribution >= 4 is 65.4 Å². The molecule has 0 amide bonds. The van der Waals surface area contributed by atoms with Crippen LogP contribution in [0, 0.1) is 22.7 Å². The van der Waals surface area contributed by atoms with Gasteiger partial charge in [-0.1, -0.05) is 121 Å². The first kappa shape index (κ1) is 37.9. The standard InChI is InChI=1S/C60H35N7/c61-36-38-25-29-40(30-26-38)49-35-50(64-60(63-49)41-31-27-39(37-62)28-32-41)42-33-57(65-51-19-7-1-13-43(51)44-14-2-8-20-52(44)65)59(67-55-23-11-5-17-47(55)48-18-6-12-24-56(48)67)58(34-42)66-53-21-9-3-15-45(53)46-16-4-10-22-54(46)66/h1-35H. The molecule has 13 aromatic rings. The molecular formula is C60H35N7. The summed E-state index contributed by atoms with van der Waals surface area (Å²) in [5.41, 5.74) is 14.5. The predicted molar refractivity (Wildman–Crippen MR) is 271 cm³/mol. The quantitative estimate of drug-likeness (QED) is 0.167. The summed E-state index contributed by atoms with van der Waals surface area (Å²) in [5, 5.41) is 26.4. The van der Waals surface area contributed by atoms with Gasteiger partial charge in [0.05, 0.1) is 84.8 Å². The molecule has 7 heteroatoms. The number of nitriles is 2. The lowest BCUT2D eigenvalue weighted by Gasteiger charge is -2.23. The zero-order valence-corrected chi connectivity index (χ0v) is 35.8. The summed E-state index contributed by atoms with van der Waals surface area (Å²) in [6.07, 6.45) is 0. The van der Waals surface area contributed by atoms with E-state index in [2.05, 4.69) is 190 Å². The van der Waals surface area contributed by atoms with E-state index in [-0.39, 0.29) is 0 Å². The van der Waals surface area contributed by atoms with Crippen LogP contribution in [-0.2, 0) is 0 Å². The van der Waals surface area contributed by atoms with Crippen LogP contribution in [0.3, 0.4) is 0 Å². The van der Waals surface area contributed by atoms with Gasteiger partial charge < -0.3 is 13.7 Å². The molecule has 0 aliphatic carbocycles. The summed E-state index contributed by atoms with van der Waals surface area (Å²) >= 11 is 0. The molecule has 0 aliphatic heterocycles. The highest BCUT2D eigenvalue weighted by atomic mass is 15.1. The molecule has 4 heterocycles. The van der Waals surface area contributed by atoms with E-state index in [0.717, 1.165) is 88.4 Å². The number of nitrogens with zero attached hydrogens (tertiary/aromatic N) is 7. The second kappa shape index (κ2) is 15.0. The van der Waals surface area contributed by atoms with Crippen molar-refractivity contribution in [2.45, 2.75) is 0 Å². The first-order valence-electron chi connectivity index (χ1n) is 22.2. The van der Waals surface area contributed by atoms with E-state index in [1.165, 1.54) is 10.8 Å². The Kier molecular flexibility index (Phi) is 8.51. The van der Waals surface area contributed by atoms with E-state index in [9.17, 15) is 10.5 Å². The maximum atomic E-state index is 9.70. The molecule has 9 aromatic carbocycles. The Morgan fingerprint density at radius 3 is 0.985 bits per heavy atom. The summed E-state index contributed by atoms with van der Waals surface area (Å²) in [6, 6.07) is 78.1. The van der Waals surface area contributed by atoms with E-state index >= 15 is 0 Å². The molecule has 0 saturated heterocycles. The molecule has 0 fully saturated rings. The smallest absolute Gasteiger partial charge is 0.160 e. The normalized spacial score (nSPS) is 11.6. The molecule has 0 bridgehead atoms. The van der Waals surface area contributed by atoms with Crippen LogP contribution in [0.5, 0.6) is 0 Å². The van der Waals surface area contributed by atoms with Crippen molar-refractivity contribution in [1.29, 1.82) is 10.5 Å². The second-order valence-electron chi connectivity index (χ2n) is 16.8. The molecule has 0 radical (unpaired) electrons. The molecule has 13 rings (SSSR count). The van der Waals surface area contributed by atoms with E-state index in [0.29, 0.717) is 28.3 Å². The van der Waals surface area contributed by atoms with Crippen molar-refractivity contribution in [3.63, 3.8) is 0 Å². The number of rotatable bonds is 6. The molecule has 0 saturated carbocycles. The van der Waals surface area contributed by atoms with Crippen LogP contribution in [0.1, 0.15) is 11.1 Å². The molecule has 0 unspecified atom stereocenters. The Balaban J connectivity index is 1.24. The van der Waals surface area contributed by atoms with Crippen LogP contribution in [-0.4, -0.2) is 23.7 Å². The van der Waals surface area contributed by atoms with Gasteiger partial charge in [0.1, 0.15) is 0 Å². The van der Waals surface area contributed by atoms with Gasteiger partial charge in [0.2, 0.25) is 0 Å². The van der Waals surface area contributed by atoms with Gasteiger partial charge in [-0.25, -0.2) is 9.97 Å². The van der Waals surface area contributed by atoms with E-state index in [4.69, 9.17) is 9.97 Å². The van der Waals surface area contributed by atoms with Gasteiger partial charge in [-0.15, -0.1) is 0 Å². The number of benzene rings is 9. The maximum Gasteiger partial charge on any atom is 0.160 e. The molecule has 7 nitrogen and oxygen atoms in total. The molecule has 0 atom stereocenters. The summed E-state index contributed by atoms with van der Waals surface area (Å²) < 4.78 is 7.31. The Labute approximate surface area is 384 Å². The largest absolute Gasteiger partial charge is 0.307 e. The Hall–Kier alpha value is -9.56. The minimum Gasteiger partial charge on any atom is -0.307 e. The minimum absolute atomic E-state index is 0.518. The number of para-hydroxylation sites is 6. The summed E-state index contributed by atoms with van der Waals surface area (Å²) in [4.78, 5) is 10.6. The summed E-state index contributed by atoms with van der Waals surface area (Å²) in [6.45, 7) is 0. The van der Waals surface area contributed by atoms with Crippen molar-refractivity contribution in [2.24, 2.45) is 0 Å². The maximum absolute atomic E-state index is 9.70. The molecule has 0 spiro atoms. The van der Waals surface area contributed by atoms with E-state index in [1.54, 1.807) is 12.1 Å². The number of fused-ring (bicyclic) bond motifs is 9. The van der Waals surface area contributed by atoms with E-state index in [1.807, 2.05) is 36.4 Å². The molecule has 67 heavy (non-hydrogen) atoms. The average Bonchev–Trinajstić information content (AvgIpc) is 4.04. The lowest BCUT2D eigenvalue weighted by molar-refractivity contribution is 1.05. The third-order valence-electron chi connectivity index (χ3n) is 13.1. The van der Waals surface area contributed by atoms with Crippen LogP contribution in [0.4, 0.5) is 0 Å². The highest BCUT2D eigenvalue weighted by Gasteiger charge is 2.26. The topological polar surface area (TPSA) is 88.1 Å². The van der Waals surface area contributed by atoms with E-state index < -0.39 is 0 Å². The van der Waals surface area contributed by atoms with Gasteiger partial charge in [-0.2, -0.15) is 10.5 Å². The highest BCUT2D eigenvalue weighted by Crippen LogP contribution is 2.45. The fourth-order valence-corrected chi connectivity index (χ4v) is 10.1. The van der Waals surface area contributed by atoms with Crippen LogP contribution in [0.2, 0.25) is 0 Å². The molecule has 0 aliphatic rings.